The van der Waals surface area contributed by atoms with Crippen LogP contribution in [-0.2, 0) is 12.8 Å². The molecule has 1 aromatic heterocycles. The quantitative estimate of drug-likeness (QED) is 0.734. The monoisotopic (exact) mass is 326 g/mol. The van der Waals surface area contributed by atoms with Gasteiger partial charge in [-0.05, 0) is 49.4 Å². The molecule has 0 amide bonds. The summed E-state index contributed by atoms with van der Waals surface area (Å²) in [6.45, 7) is 0. The molecule has 2 aromatic rings. The van der Waals surface area contributed by atoms with Crippen molar-refractivity contribution in [3.05, 3.63) is 33.9 Å². The number of aromatic nitrogens is 1. The Balaban J connectivity index is 0.00000120. The molecular formula is C14H16BrClN2. The van der Waals surface area contributed by atoms with Crippen LogP contribution in [0.4, 0.5) is 5.69 Å². The van der Waals surface area contributed by atoms with Gasteiger partial charge < -0.3 is 5.73 Å². The molecule has 0 saturated heterocycles. The summed E-state index contributed by atoms with van der Waals surface area (Å²) in [7, 11) is 0. The molecule has 3 rings (SSSR count). The molecule has 4 heteroatoms. The van der Waals surface area contributed by atoms with Gasteiger partial charge in [0.1, 0.15) is 0 Å². The summed E-state index contributed by atoms with van der Waals surface area (Å²) >= 11 is 3.49. The molecule has 0 unspecified atom stereocenters. The topological polar surface area (TPSA) is 38.9 Å². The van der Waals surface area contributed by atoms with Crippen molar-refractivity contribution < 1.29 is 0 Å². The Bertz CT molecular complexity index is 584. The minimum atomic E-state index is 0. The van der Waals surface area contributed by atoms with E-state index in [4.69, 9.17) is 10.7 Å². The van der Waals surface area contributed by atoms with E-state index < -0.39 is 0 Å². The van der Waals surface area contributed by atoms with Crippen LogP contribution in [0.3, 0.4) is 0 Å². The van der Waals surface area contributed by atoms with Gasteiger partial charge in [-0.3, -0.25) is 4.98 Å². The molecule has 1 aliphatic carbocycles. The number of pyridine rings is 1. The van der Waals surface area contributed by atoms with E-state index in [9.17, 15) is 0 Å². The summed E-state index contributed by atoms with van der Waals surface area (Å²) in [5.41, 5.74) is 10.8. The number of anilines is 1. The first kappa shape index (κ1) is 13.6. The molecule has 0 atom stereocenters. The summed E-state index contributed by atoms with van der Waals surface area (Å²) in [5.74, 6) is 0. The number of hydrogen-bond donors (Lipinski definition) is 1. The van der Waals surface area contributed by atoms with Gasteiger partial charge in [0.25, 0.3) is 0 Å². The number of benzene rings is 1. The van der Waals surface area contributed by atoms with Crippen molar-refractivity contribution in [2.75, 3.05) is 5.73 Å². The van der Waals surface area contributed by atoms with Crippen LogP contribution in [0.5, 0.6) is 0 Å². The number of aryl methyl sites for hydroxylation is 1. The highest BCUT2D eigenvalue weighted by molar-refractivity contribution is 9.10. The molecular weight excluding hydrogens is 312 g/mol. The lowest BCUT2D eigenvalue weighted by molar-refractivity contribution is 0.709. The largest absolute Gasteiger partial charge is 0.398 e. The zero-order valence-electron chi connectivity index (χ0n) is 10.1. The van der Waals surface area contributed by atoms with Crippen LogP contribution in [0.15, 0.2) is 22.7 Å². The molecule has 0 spiro atoms. The molecule has 1 aliphatic rings. The van der Waals surface area contributed by atoms with Crippen LogP contribution in [0.1, 0.15) is 30.5 Å². The van der Waals surface area contributed by atoms with Crippen molar-refractivity contribution in [3.8, 4) is 0 Å². The average molecular weight is 328 g/mol. The van der Waals surface area contributed by atoms with E-state index in [-0.39, 0.29) is 12.4 Å². The lowest BCUT2D eigenvalue weighted by Crippen LogP contribution is -2.02. The van der Waals surface area contributed by atoms with Crippen molar-refractivity contribution in [1.29, 1.82) is 0 Å². The maximum absolute atomic E-state index is 6.32. The number of nitrogens with zero attached hydrogens (tertiary/aromatic N) is 1. The average Bonchev–Trinajstić information content (AvgIpc) is 2.56. The molecule has 2 N–H and O–H groups in total. The predicted molar refractivity (Wildman–Crippen MR) is 82.4 cm³/mol. The van der Waals surface area contributed by atoms with Gasteiger partial charge in [0, 0.05) is 21.2 Å². The smallest absolute Gasteiger partial charge is 0.0727 e. The maximum atomic E-state index is 6.32. The van der Waals surface area contributed by atoms with Gasteiger partial charge in [0.05, 0.1) is 5.52 Å². The molecule has 2 nitrogen and oxygen atoms in total. The Labute approximate surface area is 122 Å². The number of halogens is 2. The molecule has 0 fully saturated rings. The molecule has 0 aliphatic heterocycles. The number of rotatable bonds is 0. The zero-order chi connectivity index (χ0) is 11.8. The molecule has 0 radical (unpaired) electrons. The first-order valence-electron chi connectivity index (χ1n) is 6.12. The number of fused-ring (bicyclic) bond motifs is 2. The molecule has 1 aromatic carbocycles. The van der Waals surface area contributed by atoms with E-state index in [0.29, 0.717) is 0 Å². The molecule has 96 valence electrons. The Morgan fingerprint density at radius 3 is 2.72 bits per heavy atom. The third-order valence-corrected chi connectivity index (χ3v) is 4.01. The molecule has 0 saturated carbocycles. The van der Waals surface area contributed by atoms with Crippen LogP contribution in [0.25, 0.3) is 10.9 Å². The van der Waals surface area contributed by atoms with E-state index in [2.05, 4.69) is 22.0 Å². The number of hydrogen-bond acceptors (Lipinski definition) is 2. The van der Waals surface area contributed by atoms with E-state index in [0.717, 1.165) is 33.9 Å². The fourth-order valence-electron chi connectivity index (χ4n) is 2.61. The summed E-state index contributed by atoms with van der Waals surface area (Å²) in [5, 5.41) is 1.08. The summed E-state index contributed by atoms with van der Waals surface area (Å²) in [6, 6.07) is 6.14. The lowest BCUT2D eigenvalue weighted by atomic mass is 10.0. The van der Waals surface area contributed by atoms with Crippen LogP contribution in [-0.4, -0.2) is 4.98 Å². The van der Waals surface area contributed by atoms with Gasteiger partial charge >= 0.3 is 0 Å². The lowest BCUT2D eigenvalue weighted by Gasteiger charge is -2.12. The second kappa shape index (κ2) is 5.45. The first-order chi connectivity index (χ1) is 8.25. The maximum Gasteiger partial charge on any atom is 0.0727 e. The Kier molecular flexibility index (Phi) is 4.13. The minimum absolute atomic E-state index is 0. The third kappa shape index (κ3) is 2.34. The predicted octanol–water partition coefficient (Wildman–Crippen LogP) is 4.27. The highest BCUT2D eigenvalue weighted by Gasteiger charge is 2.15. The van der Waals surface area contributed by atoms with Crippen LogP contribution in [0.2, 0.25) is 0 Å². The van der Waals surface area contributed by atoms with E-state index >= 15 is 0 Å². The summed E-state index contributed by atoms with van der Waals surface area (Å²) < 4.78 is 1.06. The molecule has 0 bridgehead atoms. The Morgan fingerprint density at radius 2 is 1.89 bits per heavy atom. The third-order valence-electron chi connectivity index (χ3n) is 3.52. The van der Waals surface area contributed by atoms with Gasteiger partial charge in [0.15, 0.2) is 0 Å². The van der Waals surface area contributed by atoms with E-state index in [1.165, 1.54) is 30.5 Å². The fourth-order valence-corrected chi connectivity index (χ4v) is 2.97. The standard InChI is InChI=1S/C14H15BrN2.ClH/c15-9-6-7-13-11(8-9)14(16)10-4-2-1-3-5-12(10)17-13;/h6-8H,1-5H2,(H2,16,17);1H. The SMILES string of the molecule is Cl.Nc1c2c(nc3ccc(Br)cc13)CCCCC2. The molecule has 18 heavy (non-hydrogen) atoms. The van der Waals surface area contributed by atoms with Crippen molar-refractivity contribution >= 4 is 44.9 Å². The van der Waals surface area contributed by atoms with Gasteiger partial charge in [-0.1, -0.05) is 22.4 Å². The van der Waals surface area contributed by atoms with Gasteiger partial charge in [0.2, 0.25) is 0 Å². The van der Waals surface area contributed by atoms with Crippen LogP contribution in [0, 0.1) is 0 Å². The van der Waals surface area contributed by atoms with Crippen molar-refractivity contribution in [1.82, 2.24) is 4.98 Å². The van der Waals surface area contributed by atoms with Crippen LogP contribution >= 0.6 is 28.3 Å². The second-order valence-corrected chi connectivity index (χ2v) is 5.59. The summed E-state index contributed by atoms with van der Waals surface area (Å²) in [6.07, 6.45) is 5.91. The highest BCUT2D eigenvalue weighted by Crippen LogP contribution is 2.31. The zero-order valence-corrected chi connectivity index (χ0v) is 12.5. The highest BCUT2D eigenvalue weighted by atomic mass is 79.9. The first-order valence-corrected chi connectivity index (χ1v) is 6.91. The number of nitrogen functional groups attached to an aromatic ring is 1. The van der Waals surface area contributed by atoms with E-state index in [1.807, 2.05) is 12.1 Å². The van der Waals surface area contributed by atoms with E-state index in [1.54, 1.807) is 0 Å². The van der Waals surface area contributed by atoms with Crippen molar-refractivity contribution in [2.45, 2.75) is 32.1 Å². The minimum Gasteiger partial charge on any atom is -0.398 e. The van der Waals surface area contributed by atoms with Crippen LogP contribution < -0.4 is 5.73 Å². The number of nitrogens with two attached hydrogens (primary N) is 1. The summed E-state index contributed by atoms with van der Waals surface area (Å²) in [4.78, 5) is 4.78. The van der Waals surface area contributed by atoms with Gasteiger partial charge in [-0.25, -0.2) is 0 Å². The van der Waals surface area contributed by atoms with Crippen molar-refractivity contribution in [3.63, 3.8) is 0 Å². The van der Waals surface area contributed by atoms with Crippen molar-refractivity contribution in [2.24, 2.45) is 0 Å². The normalized spacial score (nSPS) is 14.7. The Morgan fingerprint density at radius 1 is 1.11 bits per heavy atom. The van der Waals surface area contributed by atoms with Gasteiger partial charge in [-0.15, -0.1) is 12.4 Å². The fraction of sp³-hybridized carbons (Fsp3) is 0.357. The van der Waals surface area contributed by atoms with Gasteiger partial charge in [-0.2, -0.15) is 0 Å². The second-order valence-electron chi connectivity index (χ2n) is 4.67. The molecule has 1 heterocycles. The Hall–Kier alpha value is -0.800.